The van der Waals surface area contributed by atoms with E-state index < -0.39 is 23.4 Å². The standard InChI is InChI=1S/C19H19ClFN5O3/c1-19(2,3)29-18(28)23-9-13(27)25-17-15-12(7-8-22-17)24-16(26-15)14-10(20)5-4-6-11(14)21/h4-8H,9H2,1-3H3,(H,23,28)(H,24,26)(H,22,25,27). The van der Waals surface area contributed by atoms with Crippen molar-refractivity contribution in [2.75, 3.05) is 11.9 Å². The molecule has 0 radical (unpaired) electrons. The van der Waals surface area contributed by atoms with E-state index in [1.54, 1.807) is 32.9 Å². The number of ether oxygens (including phenoxy) is 1. The summed E-state index contributed by atoms with van der Waals surface area (Å²) in [5.74, 6) is -0.657. The lowest BCUT2D eigenvalue weighted by atomic mass is 10.2. The van der Waals surface area contributed by atoms with Crippen LogP contribution in [0.25, 0.3) is 22.4 Å². The van der Waals surface area contributed by atoms with Gasteiger partial charge >= 0.3 is 6.09 Å². The summed E-state index contributed by atoms with van der Waals surface area (Å²) in [4.78, 5) is 35.2. The molecule has 3 rings (SSSR count). The van der Waals surface area contributed by atoms with Crippen LogP contribution < -0.4 is 10.6 Å². The lowest BCUT2D eigenvalue weighted by Gasteiger charge is -2.19. The predicted octanol–water partition coefficient (Wildman–Crippen LogP) is 3.88. The van der Waals surface area contributed by atoms with Gasteiger partial charge in [-0.3, -0.25) is 4.79 Å². The number of anilines is 1. The van der Waals surface area contributed by atoms with E-state index >= 15 is 0 Å². The van der Waals surface area contributed by atoms with Crippen molar-refractivity contribution in [3.05, 3.63) is 41.3 Å². The number of pyridine rings is 1. The van der Waals surface area contributed by atoms with Gasteiger partial charge in [0.05, 0.1) is 16.1 Å². The lowest BCUT2D eigenvalue weighted by molar-refractivity contribution is -0.115. The van der Waals surface area contributed by atoms with Gasteiger partial charge in [-0.1, -0.05) is 17.7 Å². The first kappa shape index (κ1) is 20.5. The molecule has 0 saturated heterocycles. The third-order valence-electron chi connectivity index (χ3n) is 3.65. The Morgan fingerprint density at radius 3 is 2.72 bits per heavy atom. The van der Waals surface area contributed by atoms with Gasteiger partial charge in [-0.2, -0.15) is 0 Å². The molecule has 0 aliphatic carbocycles. The molecule has 1 aromatic carbocycles. The van der Waals surface area contributed by atoms with Crippen molar-refractivity contribution in [3.8, 4) is 11.4 Å². The Morgan fingerprint density at radius 2 is 2.03 bits per heavy atom. The molecule has 0 bridgehead atoms. The summed E-state index contributed by atoms with van der Waals surface area (Å²) in [5, 5.41) is 5.14. The van der Waals surface area contributed by atoms with E-state index in [0.717, 1.165) is 0 Å². The summed E-state index contributed by atoms with van der Waals surface area (Å²) >= 11 is 6.09. The first-order valence-electron chi connectivity index (χ1n) is 8.70. The van der Waals surface area contributed by atoms with Crippen LogP contribution in [0.5, 0.6) is 0 Å². The lowest BCUT2D eigenvalue weighted by Crippen LogP contribution is -2.37. The Balaban J connectivity index is 1.78. The number of amides is 2. The van der Waals surface area contributed by atoms with Gasteiger partial charge in [-0.15, -0.1) is 0 Å². The third kappa shape index (κ3) is 5.00. The molecule has 0 spiro atoms. The van der Waals surface area contributed by atoms with Gasteiger partial charge in [0.25, 0.3) is 0 Å². The summed E-state index contributed by atoms with van der Waals surface area (Å²) in [6.07, 6.45) is 0.740. The third-order valence-corrected chi connectivity index (χ3v) is 3.97. The highest BCUT2D eigenvalue weighted by atomic mass is 35.5. The van der Waals surface area contributed by atoms with Gasteiger partial charge in [0.1, 0.15) is 29.3 Å². The molecule has 29 heavy (non-hydrogen) atoms. The van der Waals surface area contributed by atoms with Gasteiger partial charge in [-0.05, 0) is 39.0 Å². The Kier molecular flexibility index (Phi) is 5.69. The number of halogens is 2. The molecule has 152 valence electrons. The van der Waals surface area contributed by atoms with Gasteiger partial charge in [0.15, 0.2) is 5.82 Å². The molecule has 8 nitrogen and oxygen atoms in total. The van der Waals surface area contributed by atoms with Crippen LogP contribution in [0.2, 0.25) is 5.02 Å². The van der Waals surface area contributed by atoms with Gasteiger partial charge < -0.3 is 20.4 Å². The Morgan fingerprint density at radius 1 is 1.28 bits per heavy atom. The molecular formula is C19H19ClFN5O3. The molecule has 0 aliphatic heterocycles. The molecule has 10 heteroatoms. The van der Waals surface area contributed by atoms with Crippen LogP contribution in [-0.2, 0) is 9.53 Å². The molecule has 3 N–H and O–H groups in total. The zero-order chi connectivity index (χ0) is 21.2. The van der Waals surface area contributed by atoms with Crippen molar-refractivity contribution in [2.45, 2.75) is 26.4 Å². The average molecular weight is 420 g/mol. The smallest absolute Gasteiger partial charge is 0.408 e. The molecule has 2 aromatic heterocycles. The maximum atomic E-state index is 14.2. The number of H-pyrrole nitrogens is 1. The SMILES string of the molecule is CC(C)(C)OC(=O)NCC(=O)Nc1nccc2nc(-c3c(F)cccc3Cl)[nH]c12. The number of aromatic nitrogens is 3. The second-order valence-corrected chi connectivity index (χ2v) is 7.55. The van der Waals surface area contributed by atoms with E-state index in [4.69, 9.17) is 16.3 Å². The number of rotatable bonds is 4. The van der Waals surface area contributed by atoms with Crippen LogP contribution in [-0.4, -0.2) is 39.1 Å². The molecule has 2 amide bonds. The number of nitrogens with zero attached hydrogens (tertiary/aromatic N) is 2. The molecule has 0 atom stereocenters. The van der Waals surface area contributed by atoms with E-state index in [-0.39, 0.29) is 28.8 Å². The average Bonchev–Trinajstić information content (AvgIpc) is 3.03. The number of hydrogen-bond donors (Lipinski definition) is 3. The highest BCUT2D eigenvalue weighted by Gasteiger charge is 2.18. The van der Waals surface area contributed by atoms with Crippen molar-refractivity contribution in [3.63, 3.8) is 0 Å². The Hall–Kier alpha value is -3.20. The Labute approximate surface area is 170 Å². The number of hydrogen-bond acceptors (Lipinski definition) is 5. The number of alkyl carbamates (subject to hydrolysis) is 1. The highest BCUT2D eigenvalue weighted by molar-refractivity contribution is 6.33. The van der Waals surface area contributed by atoms with Crippen LogP contribution in [0.1, 0.15) is 20.8 Å². The fourth-order valence-electron chi connectivity index (χ4n) is 2.51. The van der Waals surface area contributed by atoms with Gasteiger partial charge in [0, 0.05) is 6.20 Å². The minimum Gasteiger partial charge on any atom is -0.444 e. The molecule has 0 fully saturated rings. The van der Waals surface area contributed by atoms with Crippen LogP contribution in [0.4, 0.5) is 15.0 Å². The first-order valence-corrected chi connectivity index (χ1v) is 9.07. The zero-order valence-electron chi connectivity index (χ0n) is 16.0. The topological polar surface area (TPSA) is 109 Å². The minimum atomic E-state index is -0.711. The molecule has 2 heterocycles. The van der Waals surface area contributed by atoms with E-state index in [2.05, 4.69) is 25.6 Å². The largest absolute Gasteiger partial charge is 0.444 e. The molecule has 3 aromatic rings. The van der Waals surface area contributed by atoms with E-state index in [0.29, 0.717) is 11.0 Å². The Bertz CT molecular complexity index is 1060. The zero-order valence-corrected chi connectivity index (χ0v) is 16.7. The second-order valence-electron chi connectivity index (χ2n) is 7.14. The maximum absolute atomic E-state index is 14.2. The summed E-state index contributed by atoms with van der Waals surface area (Å²) in [7, 11) is 0. The number of benzene rings is 1. The molecule has 0 unspecified atom stereocenters. The second kappa shape index (κ2) is 8.04. The molecular weight excluding hydrogens is 401 g/mol. The summed E-state index contributed by atoms with van der Waals surface area (Å²) in [5.41, 5.74) is 0.306. The van der Waals surface area contributed by atoms with Crippen LogP contribution in [0.15, 0.2) is 30.5 Å². The number of carbonyl (C=O) groups excluding carboxylic acids is 2. The molecule has 0 aliphatic rings. The summed E-state index contributed by atoms with van der Waals surface area (Å²) in [6.45, 7) is 4.84. The van der Waals surface area contributed by atoms with Crippen LogP contribution in [0.3, 0.4) is 0 Å². The first-order chi connectivity index (χ1) is 13.6. The number of carbonyl (C=O) groups is 2. The van der Waals surface area contributed by atoms with E-state index in [9.17, 15) is 14.0 Å². The molecule has 0 saturated carbocycles. The van der Waals surface area contributed by atoms with Crippen molar-refractivity contribution in [1.82, 2.24) is 20.3 Å². The van der Waals surface area contributed by atoms with E-state index in [1.807, 2.05) is 0 Å². The van der Waals surface area contributed by atoms with Crippen molar-refractivity contribution in [2.24, 2.45) is 0 Å². The minimum absolute atomic E-state index is 0.120. The van der Waals surface area contributed by atoms with Gasteiger partial charge in [-0.25, -0.2) is 19.2 Å². The number of fused-ring (bicyclic) bond motifs is 1. The quantitative estimate of drug-likeness (QED) is 0.594. The predicted molar refractivity (Wildman–Crippen MR) is 107 cm³/mol. The van der Waals surface area contributed by atoms with E-state index in [1.165, 1.54) is 18.3 Å². The maximum Gasteiger partial charge on any atom is 0.408 e. The van der Waals surface area contributed by atoms with Crippen molar-refractivity contribution in [1.29, 1.82) is 0 Å². The number of imidazole rings is 1. The highest BCUT2D eigenvalue weighted by Crippen LogP contribution is 2.31. The summed E-state index contributed by atoms with van der Waals surface area (Å²) < 4.78 is 19.3. The van der Waals surface area contributed by atoms with Crippen LogP contribution >= 0.6 is 11.6 Å². The number of aromatic amines is 1. The fourth-order valence-corrected chi connectivity index (χ4v) is 2.77. The fraction of sp³-hybridized carbons (Fsp3) is 0.263. The van der Waals surface area contributed by atoms with Gasteiger partial charge in [0.2, 0.25) is 5.91 Å². The summed E-state index contributed by atoms with van der Waals surface area (Å²) in [6, 6.07) is 5.93. The number of nitrogens with one attached hydrogen (secondary N) is 3. The normalized spacial score (nSPS) is 11.3. The van der Waals surface area contributed by atoms with Crippen molar-refractivity contribution < 1.29 is 18.7 Å². The van der Waals surface area contributed by atoms with Crippen molar-refractivity contribution >= 4 is 40.5 Å². The monoisotopic (exact) mass is 419 g/mol. The van der Waals surface area contributed by atoms with Crippen LogP contribution in [0, 0.1) is 5.82 Å².